The van der Waals surface area contributed by atoms with Gasteiger partial charge >= 0.3 is 0 Å². The highest BCUT2D eigenvalue weighted by molar-refractivity contribution is 5.81. The van der Waals surface area contributed by atoms with Gasteiger partial charge in [-0.3, -0.25) is 4.79 Å². The van der Waals surface area contributed by atoms with E-state index in [2.05, 4.69) is 31.4 Å². The van der Waals surface area contributed by atoms with Crippen LogP contribution < -0.4 is 10.6 Å². The average Bonchev–Trinajstić information content (AvgIpc) is 2.39. The summed E-state index contributed by atoms with van der Waals surface area (Å²) in [6, 6.07) is 0.250. The normalized spacial score (nSPS) is 20.3. The first-order chi connectivity index (χ1) is 9.00. The molecule has 0 aliphatic carbocycles. The molecule has 0 aromatic rings. The van der Waals surface area contributed by atoms with Gasteiger partial charge in [-0.15, -0.1) is 0 Å². The van der Waals surface area contributed by atoms with Gasteiger partial charge in [0.25, 0.3) is 0 Å². The third-order valence-electron chi connectivity index (χ3n) is 3.90. The summed E-state index contributed by atoms with van der Waals surface area (Å²) in [6.45, 7) is 10.9. The van der Waals surface area contributed by atoms with Gasteiger partial charge in [-0.1, -0.05) is 13.8 Å². The van der Waals surface area contributed by atoms with Crippen molar-refractivity contribution in [2.24, 2.45) is 11.8 Å². The van der Waals surface area contributed by atoms with Gasteiger partial charge < -0.3 is 15.4 Å². The Morgan fingerprint density at radius 2 is 1.84 bits per heavy atom. The zero-order valence-electron chi connectivity index (χ0n) is 12.9. The molecule has 0 aromatic carbocycles. The fourth-order valence-corrected chi connectivity index (χ4v) is 2.46. The van der Waals surface area contributed by atoms with Gasteiger partial charge in [0.2, 0.25) is 5.91 Å². The molecule has 2 N–H and O–H groups in total. The van der Waals surface area contributed by atoms with Gasteiger partial charge in [0.15, 0.2) is 0 Å². The molecular formula is C15H30N2O2. The first-order valence-electron chi connectivity index (χ1n) is 7.62. The summed E-state index contributed by atoms with van der Waals surface area (Å²) >= 11 is 0. The highest BCUT2D eigenvalue weighted by atomic mass is 16.5. The lowest BCUT2D eigenvalue weighted by atomic mass is 9.92. The van der Waals surface area contributed by atoms with Gasteiger partial charge in [-0.25, -0.2) is 0 Å². The number of ether oxygens (including phenoxy) is 1. The number of hydrogen-bond donors (Lipinski definition) is 2. The Labute approximate surface area is 117 Å². The van der Waals surface area contributed by atoms with E-state index in [0.717, 1.165) is 39.0 Å². The number of nitrogens with one attached hydrogen (secondary N) is 2. The summed E-state index contributed by atoms with van der Waals surface area (Å²) in [4.78, 5) is 11.9. The molecule has 2 atom stereocenters. The molecule has 1 amide bonds. The molecule has 1 aliphatic rings. The van der Waals surface area contributed by atoms with Gasteiger partial charge in [-0.2, -0.15) is 0 Å². The molecule has 1 rings (SSSR count). The van der Waals surface area contributed by atoms with Crippen LogP contribution in [0.5, 0.6) is 0 Å². The molecule has 1 saturated heterocycles. The van der Waals surface area contributed by atoms with Crippen molar-refractivity contribution in [1.82, 2.24) is 10.6 Å². The molecule has 0 radical (unpaired) electrons. The van der Waals surface area contributed by atoms with E-state index in [1.165, 1.54) is 0 Å². The summed E-state index contributed by atoms with van der Waals surface area (Å²) in [5.74, 6) is 1.36. The van der Waals surface area contributed by atoms with E-state index in [0.29, 0.717) is 17.9 Å². The summed E-state index contributed by atoms with van der Waals surface area (Å²) < 4.78 is 5.37. The Bertz CT molecular complexity index is 263. The number of carbonyl (C=O) groups is 1. The van der Waals surface area contributed by atoms with E-state index >= 15 is 0 Å². The summed E-state index contributed by atoms with van der Waals surface area (Å²) in [6.07, 6.45) is 3.22. The molecule has 4 nitrogen and oxygen atoms in total. The highest BCUT2D eigenvalue weighted by Gasteiger charge is 2.23. The molecule has 1 heterocycles. The van der Waals surface area contributed by atoms with E-state index in [1.807, 2.05) is 6.92 Å². The van der Waals surface area contributed by atoms with Gasteiger partial charge in [0.1, 0.15) is 0 Å². The molecule has 0 aromatic heterocycles. The monoisotopic (exact) mass is 270 g/mol. The van der Waals surface area contributed by atoms with E-state index in [9.17, 15) is 4.79 Å². The molecule has 2 unspecified atom stereocenters. The van der Waals surface area contributed by atoms with Crippen LogP contribution in [0.15, 0.2) is 0 Å². The topological polar surface area (TPSA) is 50.4 Å². The third kappa shape index (κ3) is 6.39. The van der Waals surface area contributed by atoms with Gasteiger partial charge in [-0.05, 0) is 44.9 Å². The second kappa shape index (κ2) is 8.54. The smallest absolute Gasteiger partial charge is 0.236 e. The predicted molar refractivity (Wildman–Crippen MR) is 78.1 cm³/mol. The van der Waals surface area contributed by atoms with Crippen molar-refractivity contribution in [1.29, 1.82) is 0 Å². The Balaban J connectivity index is 2.24. The zero-order chi connectivity index (χ0) is 14.3. The summed E-state index contributed by atoms with van der Waals surface area (Å²) in [7, 11) is 0. The Morgan fingerprint density at radius 1 is 1.21 bits per heavy atom. The van der Waals surface area contributed by atoms with E-state index < -0.39 is 0 Å². The van der Waals surface area contributed by atoms with Crippen LogP contribution in [0.4, 0.5) is 0 Å². The lowest BCUT2D eigenvalue weighted by molar-refractivity contribution is -0.123. The molecular weight excluding hydrogens is 240 g/mol. The summed E-state index contributed by atoms with van der Waals surface area (Å²) in [5, 5.41) is 6.42. The summed E-state index contributed by atoms with van der Waals surface area (Å²) in [5.41, 5.74) is 0. The Hall–Kier alpha value is -0.610. The minimum absolute atomic E-state index is 0.111. The average molecular weight is 270 g/mol. The number of rotatable bonds is 7. The van der Waals surface area contributed by atoms with Gasteiger partial charge in [0, 0.05) is 25.8 Å². The van der Waals surface area contributed by atoms with Crippen LogP contribution in [0.1, 0.15) is 47.0 Å². The van der Waals surface area contributed by atoms with Crippen molar-refractivity contribution < 1.29 is 9.53 Å². The number of hydrogen-bond acceptors (Lipinski definition) is 3. The van der Waals surface area contributed by atoms with Crippen molar-refractivity contribution in [3.63, 3.8) is 0 Å². The Morgan fingerprint density at radius 3 is 2.42 bits per heavy atom. The van der Waals surface area contributed by atoms with Crippen LogP contribution >= 0.6 is 0 Å². The maximum absolute atomic E-state index is 11.9. The van der Waals surface area contributed by atoms with E-state index in [1.54, 1.807) is 0 Å². The van der Waals surface area contributed by atoms with Crippen molar-refractivity contribution >= 4 is 5.91 Å². The van der Waals surface area contributed by atoms with Crippen LogP contribution in [-0.2, 0) is 9.53 Å². The molecule has 0 spiro atoms. The number of carbonyl (C=O) groups excluding carboxylic acids is 1. The lowest BCUT2D eigenvalue weighted by Gasteiger charge is -2.30. The quantitative estimate of drug-likeness (QED) is 0.743. The van der Waals surface area contributed by atoms with Crippen molar-refractivity contribution in [2.75, 3.05) is 19.8 Å². The SMILES string of the molecule is CC(C)CCNC(=O)C(C)NC(C)C1CCOCC1. The molecule has 1 aliphatic heterocycles. The molecule has 1 fully saturated rings. The highest BCUT2D eigenvalue weighted by Crippen LogP contribution is 2.18. The van der Waals surface area contributed by atoms with Crippen molar-refractivity contribution in [3.8, 4) is 0 Å². The molecule has 112 valence electrons. The van der Waals surface area contributed by atoms with E-state index in [-0.39, 0.29) is 11.9 Å². The number of amides is 1. The third-order valence-corrected chi connectivity index (χ3v) is 3.90. The van der Waals surface area contributed by atoms with Crippen LogP contribution in [0, 0.1) is 11.8 Å². The van der Waals surface area contributed by atoms with Crippen molar-refractivity contribution in [2.45, 2.75) is 59.0 Å². The maximum atomic E-state index is 11.9. The fourth-order valence-electron chi connectivity index (χ4n) is 2.46. The van der Waals surface area contributed by atoms with Crippen LogP contribution in [0.2, 0.25) is 0 Å². The molecule has 19 heavy (non-hydrogen) atoms. The Kier molecular flexibility index (Phi) is 7.39. The second-order valence-corrected chi connectivity index (χ2v) is 6.10. The maximum Gasteiger partial charge on any atom is 0.236 e. The molecule has 0 bridgehead atoms. The van der Waals surface area contributed by atoms with Crippen LogP contribution in [-0.4, -0.2) is 37.7 Å². The molecule has 0 saturated carbocycles. The van der Waals surface area contributed by atoms with Crippen LogP contribution in [0.3, 0.4) is 0 Å². The van der Waals surface area contributed by atoms with Crippen molar-refractivity contribution in [3.05, 3.63) is 0 Å². The largest absolute Gasteiger partial charge is 0.381 e. The second-order valence-electron chi connectivity index (χ2n) is 6.10. The lowest BCUT2D eigenvalue weighted by Crippen LogP contribution is -2.49. The van der Waals surface area contributed by atoms with Crippen LogP contribution in [0.25, 0.3) is 0 Å². The minimum atomic E-state index is -0.120. The van der Waals surface area contributed by atoms with E-state index in [4.69, 9.17) is 4.74 Å². The fraction of sp³-hybridized carbons (Fsp3) is 0.933. The zero-order valence-corrected chi connectivity index (χ0v) is 12.9. The first kappa shape index (κ1) is 16.4. The molecule has 4 heteroatoms. The first-order valence-corrected chi connectivity index (χ1v) is 7.62. The standard InChI is InChI=1S/C15H30N2O2/c1-11(2)5-8-16-15(18)13(4)17-12(3)14-6-9-19-10-7-14/h11-14,17H,5-10H2,1-4H3,(H,16,18). The predicted octanol–water partition coefficient (Wildman–Crippen LogP) is 1.94. The minimum Gasteiger partial charge on any atom is -0.381 e. The van der Waals surface area contributed by atoms with Gasteiger partial charge in [0.05, 0.1) is 6.04 Å².